The normalized spacial score (nSPS) is 12.7. The van der Waals surface area contributed by atoms with Crippen LogP contribution in [0.15, 0.2) is 97.2 Å². The van der Waals surface area contributed by atoms with E-state index in [4.69, 9.17) is 14.2 Å². The van der Waals surface area contributed by atoms with Crippen molar-refractivity contribution in [3.63, 3.8) is 0 Å². The van der Waals surface area contributed by atoms with Gasteiger partial charge in [0.05, 0.1) is 0 Å². The largest absolute Gasteiger partial charge is 0.462 e. The van der Waals surface area contributed by atoms with Crippen LogP contribution in [0.3, 0.4) is 0 Å². The van der Waals surface area contributed by atoms with Crippen LogP contribution < -0.4 is 0 Å². The van der Waals surface area contributed by atoms with Crippen LogP contribution in [0.5, 0.6) is 0 Å². The Morgan fingerprint density at radius 1 is 0.263 bits per heavy atom. The quantitative estimate of drug-likeness (QED) is 0.0261. The Balaban J connectivity index is 4.38. The molecule has 0 spiro atoms. The Hall–Kier alpha value is -3.67. The summed E-state index contributed by atoms with van der Waals surface area (Å²) in [5, 5.41) is 0. The second-order valence-electron chi connectivity index (χ2n) is 22.7. The summed E-state index contributed by atoms with van der Waals surface area (Å²) in [5.41, 5.74) is 0. The number of ether oxygens (including phenoxy) is 3. The summed E-state index contributed by atoms with van der Waals surface area (Å²) >= 11 is 0. The third kappa shape index (κ3) is 65.1. The molecule has 0 rings (SSSR count). The molecule has 1 atom stereocenters. The molecule has 0 aromatic rings. The van der Waals surface area contributed by atoms with Gasteiger partial charge in [-0.25, -0.2) is 0 Å². The van der Waals surface area contributed by atoms with Crippen molar-refractivity contribution in [1.29, 1.82) is 0 Å². The number of allylic oxidation sites excluding steroid dienone is 16. The SMILES string of the molecule is CC/C=C\C/C=C\C/C=C\C/C=C\C/C=C\CCCCCCCCCC(=O)OCC(COC(=O)CCCCCCCCC/C=C\C/C=C\C/C=C\CC)OC(=O)CCCCCCCCCCCCCCCCCCCCCCCC. The van der Waals surface area contributed by atoms with Gasteiger partial charge in [0.2, 0.25) is 0 Å². The van der Waals surface area contributed by atoms with E-state index in [0.717, 1.165) is 122 Å². The van der Waals surface area contributed by atoms with E-state index in [0.29, 0.717) is 19.3 Å². The average molecular weight is 1110 g/mol. The fraction of sp³-hybridized carbons (Fsp3) is 0.743. The zero-order chi connectivity index (χ0) is 57.8. The number of hydrogen-bond acceptors (Lipinski definition) is 6. The van der Waals surface area contributed by atoms with E-state index in [-0.39, 0.29) is 31.1 Å². The Labute approximate surface area is 496 Å². The molecule has 0 aromatic heterocycles. The summed E-state index contributed by atoms with van der Waals surface area (Å²) in [4.78, 5) is 38.5. The minimum absolute atomic E-state index is 0.0840. The summed E-state index contributed by atoms with van der Waals surface area (Å²) in [7, 11) is 0. The van der Waals surface area contributed by atoms with Gasteiger partial charge in [0.1, 0.15) is 13.2 Å². The monoisotopic (exact) mass is 1110 g/mol. The zero-order valence-corrected chi connectivity index (χ0v) is 52.8. The molecule has 0 aromatic carbocycles. The maximum atomic E-state index is 13.0. The Morgan fingerprint density at radius 3 is 0.762 bits per heavy atom. The van der Waals surface area contributed by atoms with Crippen molar-refractivity contribution in [3.05, 3.63) is 97.2 Å². The van der Waals surface area contributed by atoms with E-state index in [1.165, 1.54) is 173 Å². The molecule has 1 unspecified atom stereocenters. The van der Waals surface area contributed by atoms with E-state index < -0.39 is 6.10 Å². The molecule has 0 radical (unpaired) electrons. The molecule has 460 valence electrons. The standard InChI is InChI=1S/C74H128O6/c1-4-7-10-13-16-19-22-25-28-31-33-35-37-39-40-43-46-49-52-55-58-61-64-67-73(76)79-70-71(69-78-72(75)66-63-60-57-54-51-48-45-42-30-27-24-21-18-15-12-9-6-3)80-74(77)68-65-62-59-56-53-50-47-44-41-38-36-34-32-29-26-23-20-17-14-11-8-5-2/h7,9-10,12,16,18-19,21,25,27-28,30,33,35,39-40,71H,4-6,8,11,13-15,17,20,22-24,26,29,31-32,34,36-38,41-70H2,1-3H3/b10-7-,12-9-,19-16-,21-18-,28-25-,30-27-,35-33-,40-39-. The number of carbonyl (C=O) groups is 3. The van der Waals surface area contributed by atoms with Gasteiger partial charge in [0.15, 0.2) is 6.10 Å². The van der Waals surface area contributed by atoms with Crippen molar-refractivity contribution in [2.75, 3.05) is 13.2 Å². The molecule has 0 aliphatic heterocycles. The van der Waals surface area contributed by atoms with Crippen molar-refractivity contribution < 1.29 is 28.6 Å². The van der Waals surface area contributed by atoms with E-state index in [1.54, 1.807) is 0 Å². The predicted octanol–water partition coefficient (Wildman–Crippen LogP) is 23.6. The van der Waals surface area contributed by atoms with E-state index in [9.17, 15) is 14.4 Å². The third-order valence-electron chi connectivity index (χ3n) is 14.8. The first-order chi connectivity index (χ1) is 39.5. The molecule has 6 nitrogen and oxygen atoms in total. The maximum Gasteiger partial charge on any atom is 0.306 e. The van der Waals surface area contributed by atoms with Crippen molar-refractivity contribution in [1.82, 2.24) is 0 Å². The molecule has 0 N–H and O–H groups in total. The first-order valence-corrected chi connectivity index (χ1v) is 34.2. The number of rotatable bonds is 62. The predicted molar refractivity (Wildman–Crippen MR) is 348 cm³/mol. The lowest BCUT2D eigenvalue weighted by Crippen LogP contribution is -2.30. The fourth-order valence-corrected chi connectivity index (χ4v) is 9.78. The molecule has 0 aliphatic carbocycles. The van der Waals surface area contributed by atoms with Crippen LogP contribution in [-0.2, 0) is 28.6 Å². The second kappa shape index (κ2) is 67.8. The minimum atomic E-state index is -0.788. The van der Waals surface area contributed by atoms with Crippen LogP contribution in [-0.4, -0.2) is 37.2 Å². The smallest absolute Gasteiger partial charge is 0.306 e. The number of hydrogen-bond donors (Lipinski definition) is 0. The molecule has 0 saturated carbocycles. The van der Waals surface area contributed by atoms with Gasteiger partial charge >= 0.3 is 17.9 Å². The summed E-state index contributed by atoms with van der Waals surface area (Å²) < 4.78 is 17.0. The summed E-state index contributed by atoms with van der Waals surface area (Å²) in [6, 6.07) is 0. The van der Waals surface area contributed by atoms with Gasteiger partial charge in [-0.3, -0.25) is 14.4 Å². The molecular formula is C74H128O6. The highest BCUT2D eigenvalue weighted by Gasteiger charge is 2.19. The van der Waals surface area contributed by atoms with Crippen LogP contribution >= 0.6 is 0 Å². The maximum absolute atomic E-state index is 13.0. The third-order valence-corrected chi connectivity index (χ3v) is 14.8. The van der Waals surface area contributed by atoms with Crippen LogP contribution in [0, 0.1) is 0 Å². The lowest BCUT2D eigenvalue weighted by atomic mass is 10.0. The molecule has 80 heavy (non-hydrogen) atoms. The Morgan fingerprint density at radius 2 is 0.487 bits per heavy atom. The average Bonchev–Trinajstić information content (AvgIpc) is 3.46. The van der Waals surface area contributed by atoms with E-state index in [1.807, 2.05) is 0 Å². The van der Waals surface area contributed by atoms with Crippen molar-refractivity contribution in [3.8, 4) is 0 Å². The van der Waals surface area contributed by atoms with E-state index in [2.05, 4.69) is 118 Å². The summed E-state index contributed by atoms with van der Waals surface area (Å²) in [5.74, 6) is -0.887. The number of esters is 3. The fourth-order valence-electron chi connectivity index (χ4n) is 9.78. The molecule has 0 fully saturated rings. The lowest BCUT2D eigenvalue weighted by Gasteiger charge is -2.18. The first-order valence-electron chi connectivity index (χ1n) is 34.2. The topological polar surface area (TPSA) is 78.9 Å². The molecule has 0 aliphatic rings. The molecular weight excluding hydrogens is 985 g/mol. The molecule has 0 saturated heterocycles. The number of unbranched alkanes of at least 4 members (excludes halogenated alkanes) is 35. The van der Waals surface area contributed by atoms with Crippen LogP contribution in [0.4, 0.5) is 0 Å². The second-order valence-corrected chi connectivity index (χ2v) is 22.7. The Kier molecular flexibility index (Phi) is 64.7. The lowest BCUT2D eigenvalue weighted by molar-refractivity contribution is -0.167. The van der Waals surface area contributed by atoms with Crippen molar-refractivity contribution in [2.45, 2.75) is 341 Å². The van der Waals surface area contributed by atoms with Crippen LogP contribution in [0.2, 0.25) is 0 Å². The minimum Gasteiger partial charge on any atom is -0.462 e. The highest BCUT2D eigenvalue weighted by molar-refractivity contribution is 5.71. The van der Waals surface area contributed by atoms with Gasteiger partial charge in [-0.1, -0.05) is 317 Å². The van der Waals surface area contributed by atoms with Gasteiger partial charge in [0, 0.05) is 19.3 Å². The molecule has 6 heteroatoms. The molecule has 0 heterocycles. The van der Waals surface area contributed by atoms with E-state index >= 15 is 0 Å². The van der Waals surface area contributed by atoms with Crippen LogP contribution in [0.25, 0.3) is 0 Å². The van der Waals surface area contributed by atoms with Crippen LogP contribution in [0.1, 0.15) is 335 Å². The van der Waals surface area contributed by atoms with Crippen molar-refractivity contribution in [2.24, 2.45) is 0 Å². The van der Waals surface area contributed by atoms with Gasteiger partial charge in [-0.05, 0) is 96.3 Å². The highest BCUT2D eigenvalue weighted by Crippen LogP contribution is 2.17. The van der Waals surface area contributed by atoms with Gasteiger partial charge < -0.3 is 14.2 Å². The highest BCUT2D eigenvalue weighted by atomic mass is 16.6. The zero-order valence-electron chi connectivity index (χ0n) is 52.8. The van der Waals surface area contributed by atoms with Gasteiger partial charge in [-0.15, -0.1) is 0 Å². The van der Waals surface area contributed by atoms with Gasteiger partial charge in [0.25, 0.3) is 0 Å². The molecule has 0 amide bonds. The number of carbonyl (C=O) groups excluding carboxylic acids is 3. The summed E-state index contributed by atoms with van der Waals surface area (Å²) in [6.45, 7) is 6.45. The summed E-state index contributed by atoms with van der Waals surface area (Å²) in [6.07, 6.45) is 91.3. The van der Waals surface area contributed by atoms with Gasteiger partial charge in [-0.2, -0.15) is 0 Å². The Bertz CT molecular complexity index is 1560. The first kappa shape index (κ1) is 76.3. The van der Waals surface area contributed by atoms with Crippen molar-refractivity contribution >= 4 is 17.9 Å². The molecule has 0 bridgehead atoms.